The van der Waals surface area contributed by atoms with Crippen LogP contribution in [0.1, 0.15) is 19.8 Å². The average molecular weight is 236 g/mol. The smallest absolute Gasteiger partial charge is 0.226 e. The van der Waals surface area contributed by atoms with Gasteiger partial charge in [-0.3, -0.25) is 9.48 Å². The first-order valence-corrected chi connectivity index (χ1v) is 6.17. The fraction of sp³-hybridized carbons (Fsp3) is 0.667. The highest BCUT2D eigenvalue weighted by molar-refractivity contribution is 5.82. The molecular weight excluding hydrogens is 216 g/mol. The summed E-state index contributed by atoms with van der Waals surface area (Å²) in [6.07, 6.45) is 5.48. The van der Waals surface area contributed by atoms with Gasteiger partial charge in [0.2, 0.25) is 5.91 Å². The van der Waals surface area contributed by atoms with Crippen molar-refractivity contribution in [3.63, 3.8) is 0 Å². The molecule has 0 bridgehead atoms. The molecule has 1 aromatic rings. The number of carbonyl (C=O) groups is 1. The van der Waals surface area contributed by atoms with Crippen molar-refractivity contribution >= 4 is 5.91 Å². The Balaban J connectivity index is 1.76. The van der Waals surface area contributed by atoms with Gasteiger partial charge in [0.1, 0.15) is 0 Å². The first-order chi connectivity index (χ1) is 8.21. The van der Waals surface area contributed by atoms with Crippen molar-refractivity contribution in [2.75, 3.05) is 19.6 Å². The topological polar surface area (TPSA) is 59.0 Å². The molecular formula is C12H20N4O. The molecule has 1 aliphatic rings. The molecule has 17 heavy (non-hydrogen) atoms. The van der Waals surface area contributed by atoms with Crippen LogP contribution in [0.3, 0.4) is 0 Å². The molecule has 0 radical (unpaired) electrons. The molecule has 5 heteroatoms. The fourth-order valence-corrected chi connectivity index (χ4v) is 2.14. The average Bonchev–Trinajstić information content (AvgIpc) is 2.83. The molecule has 1 amide bonds. The molecule has 1 aliphatic heterocycles. The van der Waals surface area contributed by atoms with Crippen molar-refractivity contribution in [1.82, 2.24) is 20.4 Å². The SMILES string of the molecule is CC1(C(=O)NCCn2cccn2)CCNCC1. The van der Waals surface area contributed by atoms with Gasteiger partial charge in [-0.1, -0.05) is 6.92 Å². The van der Waals surface area contributed by atoms with Gasteiger partial charge in [0.05, 0.1) is 6.54 Å². The number of carbonyl (C=O) groups excluding carboxylic acids is 1. The Kier molecular flexibility index (Phi) is 3.78. The predicted molar refractivity (Wildman–Crippen MR) is 65.4 cm³/mol. The van der Waals surface area contributed by atoms with Crippen molar-refractivity contribution in [2.45, 2.75) is 26.3 Å². The number of amides is 1. The quantitative estimate of drug-likeness (QED) is 0.795. The van der Waals surface area contributed by atoms with Crippen molar-refractivity contribution in [3.8, 4) is 0 Å². The van der Waals surface area contributed by atoms with Crippen LogP contribution in [0.4, 0.5) is 0 Å². The van der Waals surface area contributed by atoms with Crippen LogP contribution in [-0.2, 0) is 11.3 Å². The van der Waals surface area contributed by atoms with Crippen LogP contribution in [0.25, 0.3) is 0 Å². The number of rotatable bonds is 4. The molecule has 5 nitrogen and oxygen atoms in total. The largest absolute Gasteiger partial charge is 0.354 e. The van der Waals surface area contributed by atoms with Gasteiger partial charge in [-0.2, -0.15) is 5.10 Å². The Morgan fingerprint density at radius 1 is 1.53 bits per heavy atom. The van der Waals surface area contributed by atoms with Crippen LogP contribution in [0.15, 0.2) is 18.5 Å². The molecule has 0 unspecified atom stereocenters. The summed E-state index contributed by atoms with van der Waals surface area (Å²) in [6.45, 7) is 5.29. The second-order valence-electron chi connectivity index (χ2n) is 4.84. The van der Waals surface area contributed by atoms with Gasteiger partial charge in [-0.25, -0.2) is 0 Å². The number of nitrogens with zero attached hydrogens (tertiary/aromatic N) is 2. The molecule has 2 N–H and O–H groups in total. The Bertz CT molecular complexity index is 355. The molecule has 0 aromatic carbocycles. The summed E-state index contributed by atoms with van der Waals surface area (Å²) in [6, 6.07) is 1.88. The lowest BCUT2D eigenvalue weighted by Crippen LogP contribution is -2.46. The maximum Gasteiger partial charge on any atom is 0.226 e. The van der Waals surface area contributed by atoms with E-state index in [9.17, 15) is 4.79 Å². The molecule has 1 fully saturated rings. The maximum absolute atomic E-state index is 12.1. The van der Waals surface area contributed by atoms with Gasteiger partial charge < -0.3 is 10.6 Å². The zero-order chi connectivity index (χ0) is 12.1. The fourth-order valence-electron chi connectivity index (χ4n) is 2.14. The highest BCUT2D eigenvalue weighted by Crippen LogP contribution is 2.27. The number of hydrogen-bond acceptors (Lipinski definition) is 3. The van der Waals surface area contributed by atoms with Gasteiger partial charge in [0.25, 0.3) is 0 Å². The van der Waals surface area contributed by atoms with Crippen molar-refractivity contribution in [1.29, 1.82) is 0 Å². The van der Waals surface area contributed by atoms with E-state index < -0.39 is 0 Å². The molecule has 94 valence electrons. The third kappa shape index (κ3) is 3.06. The number of hydrogen-bond donors (Lipinski definition) is 2. The predicted octanol–water partition coefficient (Wildman–Crippen LogP) is 0.389. The van der Waals surface area contributed by atoms with E-state index in [1.54, 1.807) is 6.20 Å². The van der Waals surface area contributed by atoms with Gasteiger partial charge >= 0.3 is 0 Å². The van der Waals surface area contributed by atoms with Crippen LogP contribution in [0, 0.1) is 5.41 Å². The third-order valence-corrected chi connectivity index (χ3v) is 3.44. The minimum Gasteiger partial charge on any atom is -0.354 e. The Morgan fingerprint density at radius 2 is 2.29 bits per heavy atom. The standard InChI is InChI=1S/C12H20N4O/c1-12(3-6-13-7-4-12)11(17)14-8-10-16-9-2-5-15-16/h2,5,9,13H,3-4,6-8,10H2,1H3,(H,14,17). The molecule has 2 rings (SSSR count). The first-order valence-electron chi connectivity index (χ1n) is 6.17. The van der Waals surface area contributed by atoms with Crippen LogP contribution < -0.4 is 10.6 Å². The number of aromatic nitrogens is 2. The minimum atomic E-state index is -0.199. The van der Waals surface area contributed by atoms with Gasteiger partial charge in [0, 0.05) is 24.4 Å². The third-order valence-electron chi connectivity index (χ3n) is 3.44. The van der Waals surface area contributed by atoms with Gasteiger partial charge in [-0.05, 0) is 32.0 Å². The molecule has 1 aromatic heterocycles. The van der Waals surface area contributed by atoms with E-state index in [0.717, 1.165) is 32.5 Å². The molecule has 0 saturated carbocycles. The monoisotopic (exact) mass is 236 g/mol. The zero-order valence-electron chi connectivity index (χ0n) is 10.3. The Hall–Kier alpha value is -1.36. The highest BCUT2D eigenvalue weighted by Gasteiger charge is 2.33. The molecule has 2 heterocycles. The molecule has 0 aliphatic carbocycles. The lowest BCUT2D eigenvalue weighted by molar-refractivity contribution is -0.131. The Labute approximate surface area is 102 Å². The maximum atomic E-state index is 12.1. The van der Waals surface area contributed by atoms with Crippen molar-refractivity contribution < 1.29 is 4.79 Å². The van der Waals surface area contributed by atoms with Crippen LogP contribution in [0.2, 0.25) is 0 Å². The summed E-state index contributed by atoms with van der Waals surface area (Å²) < 4.78 is 1.82. The summed E-state index contributed by atoms with van der Waals surface area (Å²) in [5.74, 6) is 0.172. The second kappa shape index (κ2) is 5.31. The van der Waals surface area contributed by atoms with E-state index in [2.05, 4.69) is 22.7 Å². The number of nitrogens with one attached hydrogen (secondary N) is 2. The van der Waals surface area contributed by atoms with E-state index in [4.69, 9.17) is 0 Å². The minimum absolute atomic E-state index is 0.172. The lowest BCUT2D eigenvalue weighted by atomic mass is 9.80. The highest BCUT2D eigenvalue weighted by atomic mass is 16.2. The van der Waals surface area contributed by atoms with E-state index in [0.29, 0.717) is 6.54 Å². The summed E-state index contributed by atoms with van der Waals surface area (Å²) in [5, 5.41) is 10.4. The van der Waals surface area contributed by atoms with Gasteiger partial charge in [-0.15, -0.1) is 0 Å². The normalized spacial score (nSPS) is 18.9. The van der Waals surface area contributed by atoms with Crippen molar-refractivity contribution in [2.24, 2.45) is 5.41 Å². The van der Waals surface area contributed by atoms with E-state index in [1.807, 2.05) is 16.9 Å². The Morgan fingerprint density at radius 3 is 2.94 bits per heavy atom. The summed E-state index contributed by atoms with van der Waals surface area (Å²) in [5.41, 5.74) is -0.199. The van der Waals surface area contributed by atoms with E-state index in [-0.39, 0.29) is 11.3 Å². The summed E-state index contributed by atoms with van der Waals surface area (Å²) >= 11 is 0. The zero-order valence-corrected chi connectivity index (χ0v) is 10.3. The molecule has 1 saturated heterocycles. The number of piperidine rings is 1. The van der Waals surface area contributed by atoms with E-state index in [1.165, 1.54) is 0 Å². The van der Waals surface area contributed by atoms with E-state index >= 15 is 0 Å². The van der Waals surface area contributed by atoms with Crippen LogP contribution in [0.5, 0.6) is 0 Å². The summed E-state index contributed by atoms with van der Waals surface area (Å²) in [7, 11) is 0. The van der Waals surface area contributed by atoms with Crippen molar-refractivity contribution in [3.05, 3.63) is 18.5 Å². The second-order valence-corrected chi connectivity index (χ2v) is 4.84. The summed E-state index contributed by atoms with van der Waals surface area (Å²) in [4.78, 5) is 12.1. The van der Waals surface area contributed by atoms with Crippen LogP contribution in [-0.4, -0.2) is 35.3 Å². The molecule has 0 atom stereocenters. The molecule has 0 spiro atoms. The van der Waals surface area contributed by atoms with Gasteiger partial charge in [0.15, 0.2) is 0 Å². The van der Waals surface area contributed by atoms with Crippen LogP contribution >= 0.6 is 0 Å². The lowest BCUT2D eigenvalue weighted by Gasteiger charge is -2.32. The first kappa shape index (κ1) is 12.1.